The van der Waals surface area contributed by atoms with E-state index >= 15 is 0 Å². The molecule has 0 saturated heterocycles. The molecule has 1 aromatic rings. The third-order valence-corrected chi connectivity index (χ3v) is 1.39. The molecule has 0 aromatic carbocycles. The summed E-state index contributed by atoms with van der Waals surface area (Å²) in [6.45, 7) is 2.07. The maximum Gasteiger partial charge on any atom is 0.0959 e. The van der Waals surface area contributed by atoms with Crippen LogP contribution in [0.4, 0.5) is 0 Å². The summed E-state index contributed by atoms with van der Waals surface area (Å²) in [6.07, 6.45) is 5.84. The monoisotopic (exact) mass is 125 g/mol. The lowest BCUT2D eigenvalue weighted by molar-refractivity contribution is 0.477. The Morgan fingerprint density at radius 2 is 2.44 bits per heavy atom. The van der Waals surface area contributed by atoms with Gasteiger partial charge in [-0.05, 0) is 14.0 Å². The van der Waals surface area contributed by atoms with Crippen LogP contribution >= 0.6 is 0 Å². The molecule has 3 nitrogen and oxygen atoms in total. The minimum absolute atomic E-state index is 0.340. The van der Waals surface area contributed by atoms with Gasteiger partial charge in [0.15, 0.2) is 0 Å². The summed E-state index contributed by atoms with van der Waals surface area (Å²) in [5.41, 5.74) is 0. The Labute approximate surface area is 54.7 Å². The molecule has 1 N–H and O–H groups in total. The molecule has 1 rings (SSSR count). The Kier molecular flexibility index (Phi) is 1.85. The predicted molar refractivity (Wildman–Crippen MR) is 36.0 cm³/mol. The van der Waals surface area contributed by atoms with Crippen LogP contribution in [-0.4, -0.2) is 16.6 Å². The molecule has 1 aromatic heterocycles. The van der Waals surface area contributed by atoms with Crippen molar-refractivity contribution in [1.29, 1.82) is 0 Å². The average molecular weight is 125 g/mol. The van der Waals surface area contributed by atoms with Gasteiger partial charge in [0.1, 0.15) is 0 Å². The lowest BCUT2D eigenvalue weighted by atomic mass is 10.5. The Morgan fingerprint density at radius 3 is 2.89 bits per heavy atom. The van der Waals surface area contributed by atoms with Crippen molar-refractivity contribution in [2.45, 2.75) is 13.1 Å². The van der Waals surface area contributed by atoms with Gasteiger partial charge in [-0.3, -0.25) is 0 Å². The number of rotatable bonds is 2. The van der Waals surface area contributed by atoms with Gasteiger partial charge in [0, 0.05) is 12.4 Å². The molecule has 0 radical (unpaired) electrons. The zero-order chi connectivity index (χ0) is 6.69. The van der Waals surface area contributed by atoms with Crippen LogP contribution in [0.1, 0.15) is 13.1 Å². The summed E-state index contributed by atoms with van der Waals surface area (Å²) in [6, 6.07) is 0. The molecule has 3 heteroatoms. The second-order valence-electron chi connectivity index (χ2n) is 1.97. The zero-order valence-corrected chi connectivity index (χ0v) is 5.70. The van der Waals surface area contributed by atoms with Gasteiger partial charge in [-0.25, -0.2) is 4.98 Å². The van der Waals surface area contributed by atoms with Crippen molar-refractivity contribution in [3.63, 3.8) is 0 Å². The van der Waals surface area contributed by atoms with Crippen LogP contribution in [0.3, 0.4) is 0 Å². The summed E-state index contributed by atoms with van der Waals surface area (Å²) in [4.78, 5) is 3.91. The quantitative estimate of drug-likeness (QED) is 0.628. The largest absolute Gasteiger partial charge is 0.322 e. The van der Waals surface area contributed by atoms with E-state index in [1.807, 2.05) is 17.8 Å². The summed E-state index contributed by atoms with van der Waals surface area (Å²) >= 11 is 0. The van der Waals surface area contributed by atoms with Crippen molar-refractivity contribution in [3.8, 4) is 0 Å². The third kappa shape index (κ3) is 1.29. The molecule has 9 heavy (non-hydrogen) atoms. The number of aromatic nitrogens is 2. The van der Waals surface area contributed by atoms with E-state index in [1.54, 1.807) is 12.5 Å². The van der Waals surface area contributed by atoms with Gasteiger partial charge in [0.2, 0.25) is 0 Å². The second kappa shape index (κ2) is 2.64. The van der Waals surface area contributed by atoms with Crippen LogP contribution in [-0.2, 0) is 0 Å². The highest BCUT2D eigenvalue weighted by Gasteiger charge is 1.95. The topological polar surface area (TPSA) is 29.9 Å². The lowest BCUT2D eigenvalue weighted by Crippen LogP contribution is -2.17. The first-order valence-electron chi connectivity index (χ1n) is 2.99. The molecule has 0 bridgehead atoms. The van der Waals surface area contributed by atoms with Gasteiger partial charge in [-0.2, -0.15) is 0 Å². The van der Waals surface area contributed by atoms with Crippen molar-refractivity contribution in [1.82, 2.24) is 14.9 Å². The van der Waals surface area contributed by atoms with Crippen molar-refractivity contribution in [2.24, 2.45) is 0 Å². The van der Waals surface area contributed by atoms with E-state index in [4.69, 9.17) is 0 Å². The Balaban J connectivity index is 2.65. The maximum atomic E-state index is 3.91. The van der Waals surface area contributed by atoms with E-state index < -0.39 is 0 Å². The Hall–Kier alpha value is -0.830. The van der Waals surface area contributed by atoms with E-state index in [9.17, 15) is 0 Å². The fourth-order valence-electron chi connectivity index (χ4n) is 0.648. The molecule has 0 aliphatic carbocycles. The van der Waals surface area contributed by atoms with Gasteiger partial charge in [0.05, 0.1) is 12.5 Å². The summed E-state index contributed by atoms with van der Waals surface area (Å²) in [7, 11) is 1.92. The highest BCUT2D eigenvalue weighted by atomic mass is 15.2. The van der Waals surface area contributed by atoms with Crippen LogP contribution in [0, 0.1) is 0 Å². The van der Waals surface area contributed by atoms with Gasteiger partial charge in [-0.15, -0.1) is 0 Å². The van der Waals surface area contributed by atoms with E-state index in [2.05, 4.69) is 17.2 Å². The van der Waals surface area contributed by atoms with E-state index in [0.29, 0.717) is 6.17 Å². The highest BCUT2D eigenvalue weighted by Crippen LogP contribution is 1.96. The number of nitrogens with one attached hydrogen (secondary N) is 1. The first-order chi connectivity index (χ1) is 4.34. The molecule has 0 aliphatic rings. The Bertz CT molecular complexity index is 157. The van der Waals surface area contributed by atoms with Crippen molar-refractivity contribution in [3.05, 3.63) is 18.7 Å². The van der Waals surface area contributed by atoms with E-state index in [0.717, 1.165) is 0 Å². The summed E-state index contributed by atoms with van der Waals surface area (Å²) in [5.74, 6) is 0. The third-order valence-electron chi connectivity index (χ3n) is 1.39. The number of nitrogens with zero attached hydrogens (tertiary/aromatic N) is 2. The van der Waals surface area contributed by atoms with Gasteiger partial charge >= 0.3 is 0 Å². The van der Waals surface area contributed by atoms with Gasteiger partial charge in [-0.1, -0.05) is 0 Å². The van der Waals surface area contributed by atoms with Crippen LogP contribution in [0.2, 0.25) is 0 Å². The first-order valence-corrected chi connectivity index (χ1v) is 2.99. The van der Waals surface area contributed by atoms with Crippen molar-refractivity contribution in [2.75, 3.05) is 7.05 Å². The fourth-order valence-corrected chi connectivity index (χ4v) is 0.648. The molecule has 0 spiro atoms. The molecule has 0 fully saturated rings. The van der Waals surface area contributed by atoms with E-state index in [-0.39, 0.29) is 0 Å². The number of hydrogen-bond acceptors (Lipinski definition) is 2. The second-order valence-corrected chi connectivity index (χ2v) is 1.97. The van der Waals surface area contributed by atoms with Crippen molar-refractivity contribution >= 4 is 0 Å². The molecule has 0 aliphatic heterocycles. The van der Waals surface area contributed by atoms with Crippen LogP contribution in [0.5, 0.6) is 0 Å². The normalized spacial score (nSPS) is 13.6. The molecule has 1 atom stereocenters. The molecule has 0 amide bonds. The van der Waals surface area contributed by atoms with Gasteiger partial charge < -0.3 is 9.88 Å². The number of imidazole rings is 1. The average Bonchev–Trinajstić information content (AvgIpc) is 2.37. The summed E-state index contributed by atoms with van der Waals surface area (Å²) in [5, 5.41) is 3.09. The van der Waals surface area contributed by atoms with Crippen LogP contribution in [0.25, 0.3) is 0 Å². The molecule has 0 saturated carbocycles. The Morgan fingerprint density at radius 1 is 1.67 bits per heavy atom. The minimum atomic E-state index is 0.340. The molecular formula is C6H11N3. The fraction of sp³-hybridized carbons (Fsp3) is 0.500. The van der Waals surface area contributed by atoms with Crippen LogP contribution in [0.15, 0.2) is 18.7 Å². The summed E-state index contributed by atoms with van der Waals surface area (Å²) < 4.78 is 2.00. The van der Waals surface area contributed by atoms with Crippen molar-refractivity contribution < 1.29 is 0 Å². The molecule has 50 valence electrons. The molecule has 1 heterocycles. The maximum absolute atomic E-state index is 3.91. The number of hydrogen-bond donors (Lipinski definition) is 1. The zero-order valence-electron chi connectivity index (χ0n) is 5.70. The standard InChI is InChI=1S/C6H11N3/c1-6(7-2)9-4-3-8-5-9/h3-7H,1-2H3. The lowest BCUT2D eigenvalue weighted by Gasteiger charge is -2.09. The SMILES string of the molecule is CNC(C)n1ccnc1. The predicted octanol–water partition coefficient (Wildman–Crippen LogP) is 0.621. The van der Waals surface area contributed by atoms with E-state index in [1.165, 1.54) is 0 Å². The minimum Gasteiger partial charge on any atom is -0.322 e. The molecular weight excluding hydrogens is 114 g/mol. The van der Waals surface area contributed by atoms with Crippen LogP contribution < -0.4 is 5.32 Å². The first kappa shape index (κ1) is 6.29. The smallest absolute Gasteiger partial charge is 0.0959 e. The highest BCUT2D eigenvalue weighted by molar-refractivity contribution is 4.76. The van der Waals surface area contributed by atoms with Gasteiger partial charge in [0.25, 0.3) is 0 Å². The molecule has 1 unspecified atom stereocenters.